The zero-order valence-electron chi connectivity index (χ0n) is 17.6. The number of rotatable bonds is 5. The molecule has 0 N–H and O–H groups in total. The third-order valence-corrected chi connectivity index (χ3v) is 5.92. The number of carbonyl (C=O) groups is 1. The van der Waals surface area contributed by atoms with Crippen LogP contribution >= 0.6 is 0 Å². The summed E-state index contributed by atoms with van der Waals surface area (Å²) in [5.74, 6) is 0.280. The molecule has 0 atom stereocenters. The molecule has 0 aliphatic heterocycles. The number of allylic oxidation sites excluding steroid dienone is 2. The first-order valence-electron chi connectivity index (χ1n) is 10.5. The summed E-state index contributed by atoms with van der Waals surface area (Å²) < 4.78 is 0. The number of ketones is 1. The molecular weight excluding hydrogens is 352 g/mol. The van der Waals surface area contributed by atoms with Crippen molar-refractivity contribution in [2.24, 2.45) is 0 Å². The van der Waals surface area contributed by atoms with Crippen LogP contribution in [0.3, 0.4) is 0 Å². The van der Waals surface area contributed by atoms with Gasteiger partial charge in [-0.2, -0.15) is 0 Å². The van der Waals surface area contributed by atoms with Gasteiger partial charge in [-0.1, -0.05) is 83.4 Å². The lowest BCUT2D eigenvalue weighted by Gasteiger charge is -2.24. The van der Waals surface area contributed by atoms with E-state index < -0.39 is 0 Å². The topological polar surface area (TPSA) is 17.1 Å². The molecule has 1 aliphatic rings. The van der Waals surface area contributed by atoms with Gasteiger partial charge in [-0.3, -0.25) is 4.79 Å². The Labute approximate surface area is 174 Å². The predicted molar refractivity (Wildman–Crippen MR) is 121 cm³/mol. The number of hydrogen-bond acceptors (Lipinski definition) is 1. The minimum absolute atomic E-state index is 0.280. The Balaban J connectivity index is 1.72. The number of Topliss-reactive ketones (excluding diaryl/α,β-unsaturated/α-hetero) is 1. The molecule has 1 heteroatoms. The van der Waals surface area contributed by atoms with Crippen molar-refractivity contribution >= 4 is 11.4 Å². The molecule has 1 aliphatic carbocycles. The minimum Gasteiger partial charge on any atom is -0.294 e. The predicted octanol–water partition coefficient (Wildman–Crippen LogP) is 6.37. The lowest BCUT2D eigenvalue weighted by atomic mass is 9.79. The molecule has 0 saturated carbocycles. The van der Waals surface area contributed by atoms with Crippen LogP contribution in [0.15, 0.2) is 72.3 Å². The van der Waals surface area contributed by atoms with Gasteiger partial charge in [0.2, 0.25) is 0 Å². The molecule has 0 unspecified atom stereocenters. The number of fused-ring (bicyclic) bond motifs is 1. The molecule has 29 heavy (non-hydrogen) atoms. The van der Waals surface area contributed by atoms with Crippen molar-refractivity contribution in [2.45, 2.75) is 46.5 Å². The molecular formula is C28H28O. The standard InChI is InChI=1S/C28H28O/c1-19-4-9-22(10-5-19)13-15-26-25-14-8-21(3)16-24(25)18-28(29)27(26)17-23-11-6-20(2)7-12-23/h4-12,14,16H,13,15,17-18H2,1-3H3. The molecule has 0 aromatic heterocycles. The molecule has 0 radical (unpaired) electrons. The maximum absolute atomic E-state index is 13.1. The fourth-order valence-corrected chi connectivity index (χ4v) is 4.20. The van der Waals surface area contributed by atoms with E-state index >= 15 is 0 Å². The van der Waals surface area contributed by atoms with Crippen LogP contribution in [-0.4, -0.2) is 5.78 Å². The molecule has 4 rings (SSSR count). The third-order valence-electron chi connectivity index (χ3n) is 5.92. The first kappa shape index (κ1) is 19.4. The van der Waals surface area contributed by atoms with Crippen LogP contribution in [0.25, 0.3) is 5.57 Å². The van der Waals surface area contributed by atoms with Gasteiger partial charge in [-0.05, 0) is 61.4 Å². The highest BCUT2D eigenvalue weighted by Crippen LogP contribution is 2.35. The SMILES string of the molecule is Cc1ccc(CCC2=C(Cc3ccc(C)cc3)C(=O)Cc3cc(C)ccc32)cc1. The number of hydrogen-bond donors (Lipinski definition) is 0. The van der Waals surface area contributed by atoms with Crippen molar-refractivity contribution in [1.29, 1.82) is 0 Å². The van der Waals surface area contributed by atoms with E-state index in [9.17, 15) is 4.79 Å². The monoisotopic (exact) mass is 380 g/mol. The van der Waals surface area contributed by atoms with Gasteiger partial charge in [0.25, 0.3) is 0 Å². The smallest absolute Gasteiger partial charge is 0.163 e. The lowest BCUT2D eigenvalue weighted by Crippen LogP contribution is -2.18. The highest BCUT2D eigenvalue weighted by molar-refractivity contribution is 6.07. The van der Waals surface area contributed by atoms with Crippen molar-refractivity contribution in [2.75, 3.05) is 0 Å². The number of aryl methyl sites for hydroxylation is 4. The first-order chi connectivity index (χ1) is 14.0. The molecule has 0 bridgehead atoms. The summed E-state index contributed by atoms with van der Waals surface area (Å²) in [6.45, 7) is 6.31. The first-order valence-corrected chi connectivity index (χ1v) is 10.5. The van der Waals surface area contributed by atoms with Crippen LogP contribution in [0, 0.1) is 20.8 Å². The Bertz CT molecular complexity index is 1070. The molecule has 3 aromatic carbocycles. The maximum atomic E-state index is 13.1. The normalized spacial score (nSPS) is 13.6. The van der Waals surface area contributed by atoms with Crippen LogP contribution < -0.4 is 0 Å². The van der Waals surface area contributed by atoms with Gasteiger partial charge in [0.05, 0.1) is 0 Å². The zero-order chi connectivity index (χ0) is 20.4. The summed E-state index contributed by atoms with van der Waals surface area (Å²) in [4.78, 5) is 13.1. The molecule has 0 heterocycles. The van der Waals surface area contributed by atoms with Crippen molar-refractivity contribution in [3.05, 3.63) is 111 Å². The largest absolute Gasteiger partial charge is 0.294 e. The van der Waals surface area contributed by atoms with Crippen LogP contribution in [0.5, 0.6) is 0 Å². The highest BCUT2D eigenvalue weighted by atomic mass is 16.1. The Morgan fingerprint density at radius 3 is 1.90 bits per heavy atom. The van der Waals surface area contributed by atoms with Gasteiger partial charge < -0.3 is 0 Å². The summed E-state index contributed by atoms with van der Waals surface area (Å²) >= 11 is 0. The average Bonchev–Trinajstić information content (AvgIpc) is 2.70. The zero-order valence-corrected chi connectivity index (χ0v) is 17.6. The van der Waals surface area contributed by atoms with Crippen LogP contribution in [0.4, 0.5) is 0 Å². The van der Waals surface area contributed by atoms with Crippen LogP contribution in [-0.2, 0) is 24.1 Å². The van der Waals surface area contributed by atoms with E-state index in [4.69, 9.17) is 0 Å². The van der Waals surface area contributed by atoms with Crippen LogP contribution in [0.1, 0.15) is 45.4 Å². The van der Waals surface area contributed by atoms with Gasteiger partial charge >= 0.3 is 0 Å². The summed E-state index contributed by atoms with van der Waals surface area (Å²) in [5, 5.41) is 0. The lowest BCUT2D eigenvalue weighted by molar-refractivity contribution is -0.115. The van der Waals surface area contributed by atoms with Crippen molar-refractivity contribution in [3.63, 3.8) is 0 Å². The Kier molecular flexibility index (Phi) is 5.49. The van der Waals surface area contributed by atoms with Crippen LogP contribution in [0.2, 0.25) is 0 Å². The number of carbonyl (C=O) groups excluding carboxylic acids is 1. The molecule has 0 saturated heterocycles. The van der Waals surface area contributed by atoms with Crippen molar-refractivity contribution < 1.29 is 4.79 Å². The molecule has 0 fully saturated rings. The van der Waals surface area contributed by atoms with Gasteiger partial charge in [0.15, 0.2) is 5.78 Å². The summed E-state index contributed by atoms with van der Waals surface area (Å²) in [6.07, 6.45) is 3.08. The Morgan fingerprint density at radius 2 is 1.24 bits per heavy atom. The maximum Gasteiger partial charge on any atom is 0.163 e. The van der Waals surface area contributed by atoms with Gasteiger partial charge in [0, 0.05) is 18.4 Å². The quantitative estimate of drug-likeness (QED) is 0.503. The van der Waals surface area contributed by atoms with Gasteiger partial charge in [-0.25, -0.2) is 0 Å². The molecule has 146 valence electrons. The van der Waals surface area contributed by atoms with Gasteiger partial charge in [-0.15, -0.1) is 0 Å². The fourth-order valence-electron chi connectivity index (χ4n) is 4.20. The third kappa shape index (κ3) is 4.40. The molecule has 0 amide bonds. The minimum atomic E-state index is 0.280. The molecule has 1 nitrogen and oxygen atoms in total. The van der Waals surface area contributed by atoms with Gasteiger partial charge in [0.1, 0.15) is 0 Å². The van der Waals surface area contributed by atoms with E-state index in [0.717, 1.165) is 24.8 Å². The molecule has 3 aromatic rings. The summed E-state index contributed by atoms with van der Waals surface area (Å²) in [5.41, 5.74) is 11.0. The second kappa shape index (κ2) is 8.21. The van der Waals surface area contributed by atoms with E-state index in [0.29, 0.717) is 6.42 Å². The summed E-state index contributed by atoms with van der Waals surface area (Å²) in [6, 6.07) is 23.9. The van der Waals surface area contributed by atoms with E-state index in [-0.39, 0.29) is 5.78 Å². The highest BCUT2D eigenvalue weighted by Gasteiger charge is 2.25. The van der Waals surface area contributed by atoms with E-state index in [1.165, 1.54) is 44.5 Å². The van der Waals surface area contributed by atoms with E-state index in [1.54, 1.807) is 0 Å². The second-order valence-corrected chi connectivity index (χ2v) is 8.37. The van der Waals surface area contributed by atoms with E-state index in [2.05, 4.69) is 87.5 Å². The number of benzene rings is 3. The second-order valence-electron chi connectivity index (χ2n) is 8.37. The Morgan fingerprint density at radius 1 is 0.655 bits per heavy atom. The summed E-state index contributed by atoms with van der Waals surface area (Å²) in [7, 11) is 0. The average molecular weight is 381 g/mol. The molecule has 0 spiro atoms. The fraction of sp³-hybridized carbons (Fsp3) is 0.250. The Hall–Kier alpha value is -2.93. The van der Waals surface area contributed by atoms with E-state index in [1.807, 2.05) is 0 Å². The van der Waals surface area contributed by atoms with Crippen molar-refractivity contribution in [3.8, 4) is 0 Å². The van der Waals surface area contributed by atoms with Crippen molar-refractivity contribution in [1.82, 2.24) is 0 Å².